The number of aliphatic hydroxyl groups is 1. The van der Waals surface area contributed by atoms with Gasteiger partial charge in [-0.25, -0.2) is 8.42 Å². The fourth-order valence-electron chi connectivity index (χ4n) is 2.24. The van der Waals surface area contributed by atoms with Crippen LogP contribution in [0.2, 0.25) is 0 Å². The summed E-state index contributed by atoms with van der Waals surface area (Å²) in [5.74, 6) is 0.355. The zero-order valence-electron chi connectivity index (χ0n) is 12.0. The minimum atomic E-state index is -2.91. The van der Waals surface area contributed by atoms with Gasteiger partial charge in [0.2, 0.25) is 0 Å². The van der Waals surface area contributed by atoms with Gasteiger partial charge in [0, 0.05) is 5.75 Å². The highest BCUT2D eigenvalue weighted by Crippen LogP contribution is 2.13. The Hall–Kier alpha value is -0.870. The lowest BCUT2D eigenvalue weighted by Crippen LogP contribution is -2.15. The maximum atomic E-state index is 11.3. The van der Waals surface area contributed by atoms with Gasteiger partial charge in [-0.3, -0.25) is 0 Å². The Morgan fingerprint density at radius 3 is 2.26 bits per heavy atom. The van der Waals surface area contributed by atoms with Crippen LogP contribution in [0.1, 0.15) is 36.5 Å². The molecular formula is C15H24O3S. The van der Waals surface area contributed by atoms with Gasteiger partial charge in [-0.15, -0.1) is 0 Å². The van der Waals surface area contributed by atoms with Crippen molar-refractivity contribution in [2.24, 2.45) is 0 Å². The second-order valence-corrected chi connectivity index (χ2v) is 7.71. The normalized spacial score (nSPS) is 13.5. The second kappa shape index (κ2) is 7.06. The van der Waals surface area contributed by atoms with E-state index in [0.717, 1.165) is 5.56 Å². The molecule has 0 fully saturated rings. The first-order chi connectivity index (χ1) is 8.82. The van der Waals surface area contributed by atoms with Crippen molar-refractivity contribution in [1.29, 1.82) is 0 Å². The summed E-state index contributed by atoms with van der Waals surface area (Å²) >= 11 is 0. The molecule has 0 radical (unpaired) electrons. The van der Waals surface area contributed by atoms with E-state index in [4.69, 9.17) is 0 Å². The largest absolute Gasteiger partial charge is 0.393 e. The number of benzene rings is 1. The fraction of sp³-hybridized carbons (Fsp3) is 0.600. The molecule has 0 saturated carbocycles. The first kappa shape index (κ1) is 16.2. The molecule has 1 aromatic carbocycles. The van der Waals surface area contributed by atoms with Crippen LogP contribution in [0.25, 0.3) is 0 Å². The van der Waals surface area contributed by atoms with Crippen LogP contribution in [-0.2, 0) is 16.3 Å². The van der Waals surface area contributed by atoms with Crippen molar-refractivity contribution < 1.29 is 13.5 Å². The van der Waals surface area contributed by atoms with Gasteiger partial charge in [-0.2, -0.15) is 0 Å². The van der Waals surface area contributed by atoms with E-state index in [9.17, 15) is 13.5 Å². The summed E-state index contributed by atoms with van der Waals surface area (Å²) in [5.41, 5.74) is 3.50. The summed E-state index contributed by atoms with van der Waals surface area (Å²) in [4.78, 5) is 0. The Labute approximate surface area is 116 Å². The molecule has 0 saturated heterocycles. The summed E-state index contributed by atoms with van der Waals surface area (Å²) in [6.45, 7) is 5.73. The molecule has 0 aliphatic heterocycles. The van der Waals surface area contributed by atoms with Crippen molar-refractivity contribution in [3.05, 3.63) is 34.9 Å². The summed E-state index contributed by atoms with van der Waals surface area (Å²) in [7, 11) is -2.91. The molecule has 4 heteroatoms. The topological polar surface area (TPSA) is 54.4 Å². The molecule has 0 spiro atoms. The van der Waals surface area contributed by atoms with Gasteiger partial charge < -0.3 is 5.11 Å². The smallest absolute Gasteiger partial charge is 0.150 e. The van der Waals surface area contributed by atoms with Crippen LogP contribution < -0.4 is 0 Å². The van der Waals surface area contributed by atoms with Crippen LogP contribution in [0.4, 0.5) is 0 Å². The SMILES string of the molecule is CCS(=O)(=O)CCCC(O)Cc1cc(C)cc(C)c1. The predicted octanol–water partition coefficient (Wildman–Crippen LogP) is 2.42. The molecule has 1 atom stereocenters. The number of aliphatic hydroxyl groups excluding tert-OH is 1. The molecule has 3 nitrogen and oxygen atoms in total. The monoisotopic (exact) mass is 284 g/mol. The van der Waals surface area contributed by atoms with Gasteiger partial charge in [0.1, 0.15) is 9.84 Å². The maximum Gasteiger partial charge on any atom is 0.150 e. The van der Waals surface area contributed by atoms with Gasteiger partial charge in [0.25, 0.3) is 0 Å². The van der Waals surface area contributed by atoms with Crippen LogP contribution >= 0.6 is 0 Å². The molecule has 108 valence electrons. The average molecular weight is 284 g/mol. The lowest BCUT2D eigenvalue weighted by atomic mass is 10.0. The highest BCUT2D eigenvalue weighted by molar-refractivity contribution is 7.91. The minimum Gasteiger partial charge on any atom is -0.393 e. The van der Waals surface area contributed by atoms with Crippen LogP contribution in [0.5, 0.6) is 0 Å². The Kier molecular flexibility index (Phi) is 6.01. The standard InChI is InChI=1S/C15H24O3S/c1-4-19(17,18)7-5-6-15(16)11-14-9-12(2)8-13(3)10-14/h8-10,15-16H,4-7,11H2,1-3H3. The van der Waals surface area contributed by atoms with Crippen molar-refractivity contribution in [2.45, 2.75) is 46.1 Å². The van der Waals surface area contributed by atoms with Crippen LogP contribution in [-0.4, -0.2) is 31.1 Å². The summed E-state index contributed by atoms with van der Waals surface area (Å²) in [6.07, 6.45) is 1.19. The van der Waals surface area contributed by atoms with Crippen molar-refractivity contribution in [1.82, 2.24) is 0 Å². The Morgan fingerprint density at radius 1 is 1.16 bits per heavy atom. The zero-order valence-corrected chi connectivity index (χ0v) is 12.8. The molecule has 0 aliphatic rings. The number of aryl methyl sites for hydroxylation is 2. The van der Waals surface area contributed by atoms with Crippen molar-refractivity contribution in [2.75, 3.05) is 11.5 Å². The molecule has 1 aromatic rings. The molecule has 1 rings (SSSR count). The molecule has 0 aliphatic carbocycles. The third-order valence-corrected chi connectivity index (χ3v) is 4.98. The van der Waals surface area contributed by atoms with E-state index in [1.165, 1.54) is 11.1 Å². The molecule has 1 N–H and O–H groups in total. The first-order valence-electron chi connectivity index (χ1n) is 6.78. The fourth-order valence-corrected chi connectivity index (χ4v) is 3.14. The van der Waals surface area contributed by atoms with E-state index in [0.29, 0.717) is 19.3 Å². The van der Waals surface area contributed by atoms with Crippen molar-refractivity contribution >= 4 is 9.84 Å². The van der Waals surface area contributed by atoms with Gasteiger partial charge in [-0.1, -0.05) is 36.2 Å². The molecule has 0 aromatic heterocycles. The van der Waals surface area contributed by atoms with E-state index >= 15 is 0 Å². The average Bonchev–Trinajstić information content (AvgIpc) is 2.27. The van der Waals surface area contributed by atoms with Gasteiger partial charge in [0.15, 0.2) is 0 Å². The van der Waals surface area contributed by atoms with Gasteiger partial charge >= 0.3 is 0 Å². The molecule has 0 bridgehead atoms. The number of rotatable bonds is 7. The Balaban J connectivity index is 2.45. The van der Waals surface area contributed by atoms with Crippen molar-refractivity contribution in [3.63, 3.8) is 0 Å². The third kappa shape index (κ3) is 6.21. The van der Waals surface area contributed by atoms with Crippen LogP contribution in [0.3, 0.4) is 0 Å². The van der Waals surface area contributed by atoms with Gasteiger partial charge in [-0.05, 0) is 38.7 Å². The van der Waals surface area contributed by atoms with E-state index in [-0.39, 0.29) is 11.5 Å². The molecular weight excluding hydrogens is 260 g/mol. The van der Waals surface area contributed by atoms with Gasteiger partial charge in [0.05, 0.1) is 11.9 Å². The third-order valence-electron chi connectivity index (χ3n) is 3.19. The molecule has 0 amide bonds. The summed E-state index contributed by atoms with van der Waals surface area (Å²) < 4.78 is 22.7. The quantitative estimate of drug-likeness (QED) is 0.836. The van der Waals surface area contributed by atoms with E-state index < -0.39 is 15.9 Å². The summed E-state index contributed by atoms with van der Waals surface area (Å²) in [5, 5.41) is 9.96. The lowest BCUT2D eigenvalue weighted by molar-refractivity contribution is 0.164. The molecule has 1 unspecified atom stereocenters. The van der Waals surface area contributed by atoms with Crippen LogP contribution in [0.15, 0.2) is 18.2 Å². The zero-order chi connectivity index (χ0) is 14.5. The number of sulfone groups is 1. The maximum absolute atomic E-state index is 11.3. The highest BCUT2D eigenvalue weighted by Gasteiger charge is 2.11. The van der Waals surface area contributed by atoms with Crippen molar-refractivity contribution in [3.8, 4) is 0 Å². The molecule has 19 heavy (non-hydrogen) atoms. The predicted molar refractivity (Wildman–Crippen MR) is 79.2 cm³/mol. The lowest BCUT2D eigenvalue weighted by Gasteiger charge is -2.12. The van der Waals surface area contributed by atoms with E-state index in [1.54, 1.807) is 6.92 Å². The Morgan fingerprint density at radius 2 is 1.74 bits per heavy atom. The Bertz CT molecular complexity index is 486. The first-order valence-corrected chi connectivity index (χ1v) is 8.60. The number of hydrogen-bond donors (Lipinski definition) is 1. The second-order valence-electron chi connectivity index (χ2n) is 5.23. The minimum absolute atomic E-state index is 0.174. The molecule has 0 heterocycles. The van der Waals surface area contributed by atoms with Crippen LogP contribution in [0, 0.1) is 13.8 Å². The number of hydrogen-bond acceptors (Lipinski definition) is 3. The van der Waals surface area contributed by atoms with E-state index in [2.05, 4.69) is 18.2 Å². The summed E-state index contributed by atoms with van der Waals surface area (Å²) in [6, 6.07) is 6.24. The van der Waals surface area contributed by atoms with E-state index in [1.807, 2.05) is 13.8 Å². The highest BCUT2D eigenvalue weighted by atomic mass is 32.2.